The first-order valence-electron chi connectivity index (χ1n) is 5.12. The Bertz CT molecular complexity index is 513. The maximum atomic E-state index is 12.6. The summed E-state index contributed by atoms with van der Waals surface area (Å²) >= 11 is 1.17. The summed E-state index contributed by atoms with van der Waals surface area (Å²) in [6, 6.07) is 4.76. The van der Waals surface area contributed by atoms with Gasteiger partial charge in [-0.15, -0.1) is 0 Å². The number of rotatable bonds is 4. The van der Waals surface area contributed by atoms with Crippen LogP contribution in [0.25, 0.3) is 0 Å². The Morgan fingerprint density at radius 3 is 2.45 bits per heavy atom. The van der Waals surface area contributed by atoms with Crippen molar-refractivity contribution in [3.05, 3.63) is 24.3 Å². The Labute approximate surface area is 116 Å². The molecular formula is C11H9F4N3OS. The Hall–Kier alpha value is -1.95. The number of halogens is 4. The van der Waals surface area contributed by atoms with Crippen molar-refractivity contribution in [1.82, 2.24) is 5.32 Å². The lowest BCUT2D eigenvalue weighted by Crippen LogP contribution is -2.33. The first-order valence-corrected chi connectivity index (χ1v) is 6.34. The molecule has 1 rings (SSSR count). The molecule has 1 N–H and O–H groups in total. The molecule has 0 aliphatic heterocycles. The van der Waals surface area contributed by atoms with Crippen LogP contribution in [-0.2, 0) is 0 Å². The van der Waals surface area contributed by atoms with Gasteiger partial charge in [-0.2, -0.15) is 22.8 Å². The van der Waals surface area contributed by atoms with E-state index in [-0.39, 0.29) is 0 Å². The van der Waals surface area contributed by atoms with E-state index in [0.29, 0.717) is 10.9 Å². The third-order valence-corrected chi connectivity index (χ3v) is 2.51. The van der Waals surface area contributed by atoms with E-state index in [4.69, 9.17) is 5.26 Å². The fourth-order valence-corrected chi connectivity index (χ4v) is 1.42. The summed E-state index contributed by atoms with van der Waals surface area (Å²) in [4.78, 5) is 3.99. The molecule has 0 aromatic heterocycles. The number of hydrogen-bond donors (Lipinski definition) is 1. The van der Waals surface area contributed by atoms with Gasteiger partial charge in [-0.05, 0) is 30.5 Å². The molecule has 0 bridgehead atoms. The molecular weight excluding hydrogens is 298 g/mol. The van der Waals surface area contributed by atoms with Crippen LogP contribution >= 0.6 is 11.8 Å². The van der Waals surface area contributed by atoms with Crippen molar-refractivity contribution in [1.29, 1.82) is 5.26 Å². The van der Waals surface area contributed by atoms with Crippen molar-refractivity contribution in [2.75, 3.05) is 6.26 Å². The smallest absolute Gasteiger partial charge is 0.428 e. The van der Waals surface area contributed by atoms with Crippen LogP contribution in [0.2, 0.25) is 0 Å². The summed E-state index contributed by atoms with van der Waals surface area (Å²) in [5, 5.41) is 11.1. The summed E-state index contributed by atoms with van der Waals surface area (Å²) in [7, 11) is 0. The van der Waals surface area contributed by atoms with Gasteiger partial charge in [-0.25, -0.2) is 4.99 Å². The Balaban J connectivity index is 2.82. The van der Waals surface area contributed by atoms with Crippen molar-refractivity contribution >= 4 is 22.6 Å². The Morgan fingerprint density at radius 1 is 1.40 bits per heavy atom. The summed E-state index contributed by atoms with van der Waals surface area (Å²) in [5.41, 5.74) is 0.352. The highest BCUT2D eigenvalue weighted by molar-refractivity contribution is 8.13. The van der Waals surface area contributed by atoms with Crippen LogP contribution in [0.5, 0.6) is 5.75 Å². The van der Waals surface area contributed by atoms with Gasteiger partial charge < -0.3 is 4.74 Å². The van der Waals surface area contributed by atoms with Gasteiger partial charge in [0.05, 0.1) is 5.69 Å². The van der Waals surface area contributed by atoms with Gasteiger partial charge in [0.2, 0.25) is 0 Å². The van der Waals surface area contributed by atoms with Crippen molar-refractivity contribution in [2.24, 2.45) is 4.99 Å². The number of nitriles is 1. The predicted molar refractivity (Wildman–Crippen MR) is 67.4 cm³/mol. The molecule has 0 unspecified atom stereocenters. The summed E-state index contributed by atoms with van der Waals surface area (Å²) < 4.78 is 53.1. The lowest BCUT2D eigenvalue weighted by Gasteiger charge is -2.16. The molecule has 0 atom stereocenters. The standard InChI is InChI=1S/C11H9F4N3OS/c1-20-10(17-6-16)18-7-2-4-8(5-3-7)19-11(14,15)9(12)13/h2-5,9H,1H3,(H,17,18). The highest BCUT2D eigenvalue weighted by Gasteiger charge is 2.43. The van der Waals surface area contributed by atoms with Crippen molar-refractivity contribution in [3.63, 3.8) is 0 Å². The largest absolute Gasteiger partial charge is 0.461 e. The van der Waals surface area contributed by atoms with Crippen LogP contribution in [0.15, 0.2) is 29.3 Å². The second-order valence-corrected chi connectivity index (χ2v) is 4.11. The maximum Gasteiger partial charge on any atom is 0.461 e. The van der Waals surface area contributed by atoms with E-state index < -0.39 is 18.3 Å². The first-order chi connectivity index (χ1) is 9.39. The minimum atomic E-state index is -4.54. The fourth-order valence-electron chi connectivity index (χ4n) is 1.08. The maximum absolute atomic E-state index is 12.6. The van der Waals surface area contributed by atoms with Gasteiger partial charge >= 0.3 is 12.5 Å². The van der Waals surface area contributed by atoms with Gasteiger partial charge in [-0.1, -0.05) is 11.8 Å². The van der Waals surface area contributed by atoms with Crippen LogP contribution in [-0.4, -0.2) is 24.0 Å². The fraction of sp³-hybridized carbons (Fsp3) is 0.273. The second kappa shape index (κ2) is 7.00. The monoisotopic (exact) mass is 307 g/mol. The average Bonchev–Trinajstić information content (AvgIpc) is 2.40. The molecule has 0 aliphatic rings. The Morgan fingerprint density at radius 2 is 2.00 bits per heavy atom. The van der Waals surface area contributed by atoms with Gasteiger partial charge in [0, 0.05) is 0 Å². The summed E-state index contributed by atoms with van der Waals surface area (Å²) in [5.74, 6) is -0.409. The predicted octanol–water partition coefficient (Wildman–Crippen LogP) is 3.34. The zero-order valence-corrected chi connectivity index (χ0v) is 10.9. The number of nitrogens with zero attached hydrogens (tertiary/aromatic N) is 2. The highest BCUT2D eigenvalue weighted by atomic mass is 32.2. The molecule has 0 amide bonds. The molecule has 0 saturated heterocycles. The minimum Gasteiger partial charge on any atom is -0.428 e. The van der Waals surface area contributed by atoms with Crippen LogP contribution in [0.1, 0.15) is 0 Å². The van der Waals surface area contributed by atoms with E-state index in [1.807, 2.05) is 0 Å². The highest BCUT2D eigenvalue weighted by Crippen LogP contribution is 2.28. The molecule has 1 aromatic carbocycles. The van der Waals surface area contributed by atoms with Gasteiger partial charge in [0.1, 0.15) is 5.75 Å². The second-order valence-electron chi connectivity index (χ2n) is 3.32. The number of ether oxygens (including phenoxy) is 1. The average molecular weight is 307 g/mol. The molecule has 9 heteroatoms. The van der Waals surface area contributed by atoms with Gasteiger partial charge in [-0.3, -0.25) is 5.32 Å². The van der Waals surface area contributed by atoms with Gasteiger partial charge in [0.25, 0.3) is 0 Å². The molecule has 0 fully saturated rings. The molecule has 0 heterocycles. The van der Waals surface area contributed by atoms with Crippen LogP contribution < -0.4 is 10.1 Å². The van der Waals surface area contributed by atoms with Crippen LogP contribution in [0.3, 0.4) is 0 Å². The number of amidine groups is 1. The van der Waals surface area contributed by atoms with E-state index in [1.54, 1.807) is 12.4 Å². The molecule has 108 valence electrons. The first kappa shape index (κ1) is 16.1. The van der Waals surface area contributed by atoms with E-state index in [0.717, 1.165) is 12.1 Å². The van der Waals surface area contributed by atoms with E-state index in [2.05, 4.69) is 15.0 Å². The Kier molecular flexibility index (Phi) is 5.64. The summed E-state index contributed by atoms with van der Waals surface area (Å²) in [6.45, 7) is 0. The van der Waals surface area contributed by atoms with E-state index in [9.17, 15) is 17.6 Å². The quantitative estimate of drug-likeness (QED) is 0.305. The molecule has 0 radical (unpaired) electrons. The van der Waals surface area contributed by atoms with Gasteiger partial charge in [0.15, 0.2) is 11.4 Å². The minimum absolute atomic E-state index is 0.305. The third-order valence-electron chi connectivity index (χ3n) is 1.93. The molecule has 0 saturated carbocycles. The van der Waals surface area contributed by atoms with Crippen molar-refractivity contribution in [2.45, 2.75) is 12.5 Å². The zero-order valence-electron chi connectivity index (χ0n) is 10.1. The summed E-state index contributed by atoms with van der Waals surface area (Å²) in [6.07, 6.45) is -5.09. The molecule has 20 heavy (non-hydrogen) atoms. The lowest BCUT2D eigenvalue weighted by atomic mass is 10.3. The number of hydrogen-bond acceptors (Lipinski definition) is 4. The van der Waals surface area contributed by atoms with Crippen molar-refractivity contribution in [3.8, 4) is 11.9 Å². The number of nitrogens with one attached hydrogen (secondary N) is 1. The third kappa shape index (κ3) is 4.62. The van der Waals surface area contributed by atoms with E-state index >= 15 is 0 Å². The number of aliphatic imine (C=N–C) groups is 1. The molecule has 1 aromatic rings. The van der Waals surface area contributed by atoms with Crippen molar-refractivity contribution < 1.29 is 22.3 Å². The molecule has 4 nitrogen and oxygen atoms in total. The lowest BCUT2D eigenvalue weighted by molar-refractivity contribution is -0.253. The zero-order chi connectivity index (χ0) is 15.2. The SMILES string of the molecule is CSC(=Nc1ccc(OC(F)(F)C(F)F)cc1)NC#N. The number of thioether (sulfide) groups is 1. The number of benzene rings is 1. The van der Waals surface area contributed by atoms with Crippen LogP contribution in [0.4, 0.5) is 23.2 Å². The topological polar surface area (TPSA) is 57.4 Å². The molecule has 0 spiro atoms. The number of alkyl halides is 4. The van der Waals surface area contributed by atoms with Crippen LogP contribution in [0, 0.1) is 11.5 Å². The van der Waals surface area contributed by atoms with E-state index in [1.165, 1.54) is 23.9 Å². The molecule has 0 aliphatic carbocycles. The normalized spacial score (nSPS) is 12.2.